The average Bonchev–Trinajstić information content (AvgIpc) is 2.51. The van der Waals surface area contributed by atoms with E-state index in [0.717, 1.165) is 0 Å². The van der Waals surface area contributed by atoms with E-state index in [1.165, 1.54) is 0 Å². The minimum atomic E-state index is -1.42. The van der Waals surface area contributed by atoms with E-state index in [2.05, 4.69) is 5.32 Å². The Bertz CT molecular complexity index is 536. The summed E-state index contributed by atoms with van der Waals surface area (Å²) in [5.74, 6) is -2.57. The van der Waals surface area contributed by atoms with Gasteiger partial charge in [-0.25, -0.2) is 9.59 Å². The van der Waals surface area contributed by atoms with Gasteiger partial charge in [-0.3, -0.25) is 9.59 Å². The molecule has 2 N–H and O–H groups in total. The molecule has 0 aromatic heterocycles. The lowest BCUT2D eigenvalue weighted by Gasteiger charge is -2.21. The zero-order valence-corrected chi connectivity index (χ0v) is 16.9. The number of ether oxygens (including phenoxy) is 3. The van der Waals surface area contributed by atoms with Crippen molar-refractivity contribution in [1.29, 1.82) is 0 Å². The van der Waals surface area contributed by atoms with Crippen LogP contribution in [0.4, 0.5) is 4.79 Å². The van der Waals surface area contributed by atoms with E-state index in [0.29, 0.717) is 6.42 Å². The van der Waals surface area contributed by atoms with E-state index in [1.807, 2.05) is 6.92 Å². The van der Waals surface area contributed by atoms with Crippen LogP contribution in [-0.4, -0.2) is 54.0 Å². The minimum Gasteiger partial charge on any atom is -0.479 e. The second-order valence-electron chi connectivity index (χ2n) is 7.66. The number of hydrogen-bond acceptors (Lipinski definition) is 7. The van der Waals surface area contributed by atoms with Gasteiger partial charge in [0.2, 0.25) is 0 Å². The molecule has 1 atom stereocenters. The summed E-state index contributed by atoms with van der Waals surface area (Å²) in [7, 11) is 0. The van der Waals surface area contributed by atoms with E-state index < -0.39 is 41.1 Å². The molecule has 1 amide bonds. The normalized spacial score (nSPS) is 12.7. The number of carbonyl (C=O) groups is 4. The van der Waals surface area contributed by atoms with Crippen molar-refractivity contribution in [2.45, 2.75) is 72.5 Å². The standard InChI is InChI=1S/C18H31NO8/c1-7-18(5,6)15(23)25-11-9-13(20)26-12(14(21)22)8-10-19-16(24)27-17(2,3)4/h12H,7-11H2,1-6H3,(H,19,24)(H,21,22)/t12-/m0/s1. The molecule has 0 unspecified atom stereocenters. The molecule has 0 bridgehead atoms. The van der Waals surface area contributed by atoms with Gasteiger partial charge in [0.1, 0.15) is 12.2 Å². The molecule has 0 aromatic carbocycles. The molecule has 0 spiro atoms. The number of carboxylic acids is 1. The third-order valence-corrected chi connectivity index (χ3v) is 3.60. The first kappa shape index (κ1) is 24.7. The molecule has 0 aromatic rings. The molecule has 0 aliphatic heterocycles. The van der Waals surface area contributed by atoms with E-state index in [1.54, 1.807) is 34.6 Å². The van der Waals surface area contributed by atoms with Crippen LogP contribution in [0.15, 0.2) is 0 Å². The summed E-state index contributed by atoms with van der Waals surface area (Å²) >= 11 is 0. The molecule has 9 nitrogen and oxygen atoms in total. The van der Waals surface area contributed by atoms with E-state index >= 15 is 0 Å². The van der Waals surface area contributed by atoms with Crippen LogP contribution in [0.5, 0.6) is 0 Å². The number of amides is 1. The van der Waals surface area contributed by atoms with Crippen LogP contribution in [-0.2, 0) is 28.6 Å². The first-order chi connectivity index (χ1) is 12.3. The van der Waals surface area contributed by atoms with Gasteiger partial charge in [0.05, 0.1) is 11.8 Å². The second-order valence-corrected chi connectivity index (χ2v) is 7.66. The minimum absolute atomic E-state index is 0.0428. The van der Waals surface area contributed by atoms with Crippen LogP contribution in [0, 0.1) is 5.41 Å². The maximum Gasteiger partial charge on any atom is 0.407 e. The Labute approximate surface area is 159 Å². The van der Waals surface area contributed by atoms with Gasteiger partial charge in [0.15, 0.2) is 6.10 Å². The summed E-state index contributed by atoms with van der Waals surface area (Å²) in [6.45, 7) is 10.2. The maximum absolute atomic E-state index is 11.8. The lowest BCUT2D eigenvalue weighted by molar-refractivity contribution is -0.166. The largest absolute Gasteiger partial charge is 0.479 e. The molecule has 0 rings (SSSR count). The monoisotopic (exact) mass is 389 g/mol. The molecule has 0 saturated carbocycles. The summed E-state index contributed by atoms with van der Waals surface area (Å²) in [6.07, 6.45) is -1.90. The second kappa shape index (κ2) is 10.7. The molecule has 27 heavy (non-hydrogen) atoms. The first-order valence-electron chi connectivity index (χ1n) is 8.85. The van der Waals surface area contributed by atoms with Crippen LogP contribution < -0.4 is 5.32 Å². The predicted molar refractivity (Wildman–Crippen MR) is 96.0 cm³/mol. The fraction of sp³-hybridized carbons (Fsp3) is 0.778. The van der Waals surface area contributed by atoms with Gasteiger partial charge < -0.3 is 24.6 Å². The quantitative estimate of drug-likeness (QED) is 0.430. The summed E-state index contributed by atoms with van der Waals surface area (Å²) in [5.41, 5.74) is -1.33. The molecule has 0 saturated heterocycles. The Kier molecular flexibility index (Phi) is 9.82. The van der Waals surface area contributed by atoms with E-state index in [-0.39, 0.29) is 26.0 Å². The van der Waals surface area contributed by atoms with Gasteiger partial charge in [-0.15, -0.1) is 0 Å². The molecular formula is C18H31NO8. The maximum atomic E-state index is 11.8. The molecule has 0 fully saturated rings. The number of alkyl carbamates (subject to hydrolysis) is 1. The zero-order chi connectivity index (χ0) is 21.3. The highest BCUT2D eigenvalue weighted by Gasteiger charge is 2.28. The van der Waals surface area contributed by atoms with Gasteiger partial charge in [0.25, 0.3) is 0 Å². The Balaban J connectivity index is 4.30. The van der Waals surface area contributed by atoms with E-state index in [4.69, 9.17) is 19.3 Å². The summed E-state index contributed by atoms with van der Waals surface area (Å²) < 4.78 is 14.9. The van der Waals surface area contributed by atoms with Gasteiger partial charge in [-0.05, 0) is 41.0 Å². The van der Waals surface area contributed by atoms with Gasteiger partial charge >= 0.3 is 24.0 Å². The van der Waals surface area contributed by atoms with Crippen LogP contribution in [0.1, 0.15) is 60.8 Å². The number of hydrogen-bond donors (Lipinski definition) is 2. The zero-order valence-electron chi connectivity index (χ0n) is 16.9. The number of esters is 2. The SMILES string of the molecule is CCC(C)(C)C(=O)OCCC(=O)O[C@@H](CCNC(=O)OC(C)(C)C)C(=O)O. The van der Waals surface area contributed by atoms with Crippen molar-refractivity contribution in [2.24, 2.45) is 5.41 Å². The topological polar surface area (TPSA) is 128 Å². The summed E-state index contributed by atoms with van der Waals surface area (Å²) in [4.78, 5) is 46.2. The summed E-state index contributed by atoms with van der Waals surface area (Å²) in [5, 5.41) is 11.5. The third-order valence-electron chi connectivity index (χ3n) is 3.60. The van der Waals surface area contributed by atoms with Crippen LogP contribution in [0.3, 0.4) is 0 Å². The van der Waals surface area contributed by atoms with Crippen molar-refractivity contribution in [3.8, 4) is 0 Å². The number of carboxylic acid groups (broad SMARTS) is 1. The van der Waals surface area contributed by atoms with Crippen LogP contribution >= 0.6 is 0 Å². The number of carbonyl (C=O) groups excluding carboxylic acids is 3. The Morgan fingerprint density at radius 1 is 1.07 bits per heavy atom. The Morgan fingerprint density at radius 3 is 2.15 bits per heavy atom. The fourth-order valence-corrected chi connectivity index (χ4v) is 1.64. The molecule has 9 heteroatoms. The molecule has 0 aliphatic rings. The highest BCUT2D eigenvalue weighted by atomic mass is 16.6. The molecule has 156 valence electrons. The predicted octanol–water partition coefficient (Wildman–Crippen LogP) is 2.27. The number of nitrogens with one attached hydrogen (secondary N) is 1. The van der Waals surface area contributed by atoms with E-state index in [9.17, 15) is 19.2 Å². The van der Waals surface area contributed by atoms with Crippen LogP contribution in [0.2, 0.25) is 0 Å². The highest BCUT2D eigenvalue weighted by molar-refractivity contribution is 5.79. The lowest BCUT2D eigenvalue weighted by atomic mass is 9.91. The fourth-order valence-electron chi connectivity index (χ4n) is 1.64. The number of rotatable bonds is 10. The first-order valence-corrected chi connectivity index (χ1v) is 8.85. The molecular weight excluding hydrogens is 358 g/mol. The smallest absolute Gasteiger partial charge is 0.407 e. The summed E-state index contributed by atoms with van der Waals surface area (Å²) in [6, 6.07) is 0. The molecule has 0 heterocycles. The van der Waals surface area contributed by atoms with Gasteiger partial charge in [0, 0.05) is 13.0 Å². The Morgan fingerprint density at radius 2 is 1.67 bits per heavy atom. The van der Waals surface area contributed by atoms with Gasteiger partial charge in [-0.1, -0.05) is 6.92 Å². The highest BCUT2D eigenvalue weighted by Crippen LogP contribution is 2.21. The van der Waals surface area contributed by atoms with Crippen molar-refractivity contribution in [3.63, 3.8) is 0 Å². The van der Waals surface area contributed by atoms with Crippen molar-refractivity contribution in [1.82, 2.24) is 5.32 Å². The third kappa shape index (κ3) is 11.1. The van der Waals surface area contributed by atoms with Crippen molar-refractivity contribution < 1.29 is 38.5 Å². The number of aliphatic carboxylic acids is 1. The Hall–Kier alpha value is -2.32. The van der Waals surface area contributed by atoms with Gasteiger partial charge in [-0.2, -0.15) is 0 Å². The van der Waals surface area contributed by atoms with Crippen molar-refractivity contribution in [2.75, 3.05) is 13.2 Å². The van der Waals surface area contributed by atoms with Crippen LogP contribution in [0.25, 0.3) is 0 Å². The molecule has 0 aliphatic carbocycles. The lowest BCUT2D eigenvalue weighted by Crippen LogP contribution is -2.36. The van der Waals surface area contributed by atoms with Crippen molar-refractivity contribution in [3.05, 3.63) is 0 Å². The van der Waals surface area contributed by atoms with Crippen molar-refractivity contribution >= 4 is 24.0 Å². The molecule has 0 radical (unpaired) electrons. The average molecular weight is 389 g/mol.